The van der Waals surface area contributed by atoms with E-state index < -0.39 is 0 Å². The van der Waals surface area contributed by atoms with Crippen molar-refractivity contribution in [2.75, 3.05) is 48.4 Å². The number of carbonyl (C=O) groups excluding carboxylic acids is 2. The number of methoxy groups -OCH3 is 1. The highest BCUT2D eigenvalue weighted by Gasteiger charge is 2.26. The van der Waals surface area contributed by atoms with Crippen LogP contribution in [0.15, 0.2) is 53.6 Å². The summed E-state index contributed by atoms with van der Waals surface area (Å²) in [7, 11) is 1.38. The summed E-state index contributed by atoms with van der Waals surface area (Å²) in [6.07, 6.45) is 7.40. The molecule has 1 N–H and O–H groups in total. The third-order valence-electron chi connectivity index (χ3n) is 8.54. The Bertz CT molecular complexity index is 1720. The molecule has 0 bridgehead atoms. The molecule has 6 rings (SSSR count). The maximum Gasteiger partial charge on any atom is 0.337 e. The van der Waals surface area contributed by atoms with Gasteiger partial charge in [-0.1, -0.05) is 12.8 Å². The number of hydrogen-bond donors (Lipinski definition) is 1. The highest BCUT2D eigenvalue weighted by Crippen LogP contribution is 2.32. The summed E-state index contributed by atoms with van der Waals surface area (Å²) in [5.41, 5.74) is 3.76. The first kappa shape index (κ1) is 28.3. The van der Waals surface area contributed by atoms with Crippen molar-refractivity contribution in [1.29, 1.82) is 0 Å². The SMILES string of the molecule is COC(=O)c1ccc(N2CCN(c3ccc(Nc4ncc5c(C)c(C(C)=O)c(=O)n(C6CCCC6)c5n4)nc3)CC2)cc1. The summed E-state index contributed by atoms with van der Waals surface area (Å²) in [5.74, 6) is 0.370. The number of anilines is 4. The van der Waals surface area contributed by atoms with Crippen molar-refractivity contribution in [3.05, 3.63) is 75.8 Å². The Labute approximate surface area is 249 Å². The lowest BCUT2D eigenvalue weighted by Crippen LogP contribution is -2.46. The van der Waals surface area contributed by atoms with Crippen LogP contribution >= 0.6 is 0 Å². The number of ether oxygens (including phenoxy) is 1. The first-order chi connectivity index (χ1) is 20.8. The van der Waals surface area contributed by atoms with E-state index >= 15 is 0 Å². The van der Waals surface area contributed by atoms with E-state index in [1.165, 1.54) is 14.0 Å². The molecule has 3 aromatic heterocycles. The van der Waals surface area contributed by atoms with Crippen LogP contribution in [0.5, 0.6) is 0 Å². The van der Waals surface area contributed by atoms with Gasteiger partial charge in [0.2, 0.25) is 5.95 Å². The normalized spacial score (nSPS) is 15.6. The van der Waals surface area contributed by atoms with Gasteiger partial charge in [-0.25, -0.2) is 14.8 Å². The Morgan fingerprint density at radius 3 is 2.16 bits per heavy atom. The van der Waals surface area contributed by atoms with E-state index in [2.05, 4.69) is 25.1 Å². The molecule has 0 atom stereocenters. The molecule has 0 spiro atoms. The highest BCUT2D eigenvalue weighted by atomic mass is 16.5. The second kappa shape index (κ2) is 11.8. The van der Waals surface area contributed by atoms with Gasteiger partial charge in [0.15, 0.2) is 5.78 Å². The lowest BCUT2D eigenvalue weighted by atomic mass is 10.0. The average molecular weight is 582 g/mol. The number of Topliss-reactive ketones (excluding diaryl/α,β-unsaturated/α-hetero) is 1. The van der Waals surface area contributed by atoms with Crippen LogP contribution in [0.4, 0.5) is 23.1 Å². The zero-order valence-corrected chi connectivity index (χ0v) is 24.7. The minimum absolute atomic E-state index is 0.0218. The monoisotopic (exact) mass is 581 g/mol. The molecule has 1 aromatic carbocycles. The largest absolute Gasteiger partial charge is 0.465 e. The van der Waals surface area contributed by atoms with Gasteiger partial charge in [-0.05, 0) is 68.7 Å². The summed E-state index contributed by atoms with van der Waals surface area (Å²) in [4.78, 5) is 56.0. The van der Waals surface area contributed by atoms with Gasteiger partial charge in [0.1, 0.15) is 11.5 Å². The molecule has 11 nitrogen and oxygen atoms in total. The van der Waals surface area contributed by atoms with Crippen molar-refractivity contribution >= 4 is 45.9 Å². The van der Waals surface area contributed by atoms with Gasteiger partial charge < -0.3 is 19.9 Å². The van der Waals surface area contributed by atoms with Crippen molar-refractivity contribution in [3.8, 4) is 0 Å². The number of aromatic nitrogens is 4. The number of nitrogens with zero attached hydrogens (tertiary/aromatic N) is 6. The average Bonchev–Trinajstić information content (AvgIpc) is 3.56. The van der Waals surface area contributed by atoms with Gasteiger partial charge in [0, 0.05) is 49.5 Å². The first-order valence-corrected chi connectivity index (χ1v) is 14.7. The highest BCUT2D eigenvalue weighted by molar-refractivity contribution is 5.99. The number of nitrogens with one attached hydrogen (secondary N) is 1. The predicted molar refractivity (Wildman–Crippen MR) is 166 cm³/mol. The van der Waals surface area contributed by atoms with E-state index in [0.717, 1.165) is 63.2 Å². The molecule has 11 heteroatoms. The minimum Gasteiger partial charge on any atom is -0.465 e. The maximum atomic E-state index is 13.5. The topological polar surface area (TPSA) is 123 Å². The van der Waals surface area contributed by atoms with Crippen LogP contribution in [0.1, 0.15) is 64.9 Å². The van der Waals surface area contributed by atoms with Gasteiger partial charge in [0.05, 0.1) is 30.1 Å². The molecule has 222 valence electrons. The van der Waals surface area contributed by atoms with Gasteiger partial charge in [0.25, 0.3) is 5.56 Å². The van der Waals surface area contributed by atoms with Crippen LogP contribution in [-0.2, 0) is 4.74 Å². The number of piperazine rings is 1. The fraction of sp³-hybridized carbons (Fsp3) is 0.375. The summed E-state index contributed by atoms with van der Waals surface area (Å²) >= 11 is 0. The number of aryl methyl sites for hydroxylation is 1. The van der Waals surface area contributed by atoms with Crippen molar-refractivity contribution in [3.63, 3.8) is 0 Å². The Balaban J connectivity index is 1.16. The summed E-state index contributed by atoms with van der Waals surface area (Å²) < 4.78 is 6.50. The number of pyridine rings is 2. The van der Waals surface area contributed by atoms with Crippen LogP contribution in [-0.4, -0.2) is 64.6 Å². The van der Waals surface area contributed by atoms with Crippen molar-refractivity contribution in [2.24, 2.45) is 0 Å². The van der Waals surface area contributed by atoms with Crippen LogP contribution in [0.25, 0.3) is 11.0 Å². The molecular weight excluding hydrogens is 546 g/mol. The molecule has 1 saturated carbocycles. The van der Waals surface area contributed by atoms with Crippen LogP contribution < -0.4 is 20.7 Å². The number of rotatable bonds is 7. The molecule has 43 heavy (non-hydrogen) atoms. The molecule has 0 radical (unpaired) electrons. The molecule has 0 amide bonds. The summed E-state index contributed by atoms with van der Waals surface area (Å²) in [5, 5.41) is 3.90. The maximum absolute atomic E-state index is 13.5. The van der Waals surface area contributed by atoms with Gasteiger partial charge in [-0.3, -0.25) is 14.2 Å². The number of esters is 1. The Kier molecular flexibility index (Phi) is 7.79. The van der Waals surface area contributed by atoms with Crippen LogP contribution in [0.2, 0.25) is 0 Å². The first-order valence-electron chi connectivity index (χ1n) is 14.7. The molecule has 1 aliphatic heterocycles. The van der Waals surface area contributed by atoms with E-state index in [4.69, 9.17) is 9.72 Å². The molecule has 1 aliphatic carbocycles. The van der Waals surface area contributed by atoms with Gasteiger partial charge in [-0.2, -0.15) is 4.98 Å². The lowest BCUT2D eigenvalue weighted by molar-refractivity contribution is 0.0600. The fourth-order valence-electron chi connectivity index (χ4n) is 6.22. The van der Waals surface area contributed by atoms with E-state index in [0.29, 0.717) is 33.9 Å². The number of benzene rings is 1. The number of hydrogen-bond acceptors (Lipinski definition) is 10. The summed E-state index contributed by atoms with van der Waals surface area (Å²) in [6, 6.07) is 11.4. The van der Waals surface area contributed by atoms with Crippen molar-refractivity contribution in [1.82, 2.24) is 19.5 Å². The third-order valence-corrected chi connectivity index (χ3v) is 8.54. The molecule has 4 aromatic rings. The summed E-state index contributed by atoms with van der Waals surface area (Å²) in [6.45, 7) is 6.58. The standard InChI is InChI=1S/C32H35N7O4/c1-20-26-19-34-32(36-29(26)39(24-6-4-5-7-24)30(41)28(20)21(2)40)35-27-13-12-25(18-33-27)38-16-14-37(15-17-38)23-10-8-22(9-11-23)31(42)43-3/h8-13,18-19,24H,4-7,14-17H2,1-3H3,(H,33,34,35,36). The molecule has 1 saturated heterocycles. The molecular formula is C32H35N7O4. The third kappa shape index (κ3) is 5.54. The Hall–Kier alpha value is -4.80. The van der Waals surface area contributed by atoms with E-state index in [1.54, 1.807) is 29.8 Å². The van der Waals surface area contributed by atoms with E-state index in [9.17, 15) is 14.4 Å². The minimum atomic E-state index is -0.336. The molecule has 2 aliphatic rings. The molecule has 4 heterocycles. The Morgan fingerprint density at radius 1 is 0.907 bits per heavy atom. The molecule has 2 fully saturated rings. The smallest absolute Gasteiger partial charge is 0.337 e. The number of carbonyl (C=O) groups is 2. The van der Waals surface area contributed by atoms with Crippen molar-refractivity contribution in [2.45, 2.75) is 45.6 Å². The van der Waals surface area contributed by atoms with E-state index in [1.807, 2.05) is 30.5 Å². The quantitative estimate of drug-likeness (QED) is 0.243. The fourth-order valence-corrected chi connectivity index (χ4v) is 6.22. The van der Waals surface area contributed by atoms with Gasteiger partial charge >= 0.3 is 5.97 Å². The predicted octanol–water partition coefficient (Wildman–Crippen LogP) is 4.67. The van der Waals surface area contributed by atoms with Crippen molar-refractivity contribution < 1.29 is 14.3 Å². The second-order valence-corrected chi connectivity index (χ2v) is 11.1. The Morgan fingerprint density at radius 2 is 1.56 bits per heavy atom. The van der Waals surface area contributed by atoms with E-state index in [-0.39, 0.29) is 28.9 Å². The number of ketones is 1. The van der Waals surface area contributed by atoms with Gasteiger partial charge in [-0.15, -0.1) is 0 Å². The van der Waals surface area contributed by atoms with Crippen LogP contribution in [0, 0.1) is 6.92 Å². The lowest BCUT2D eigenvalue weighted by Gasteiger charge is -2.37. The zero-order chi connectivity index (χ0) is 30.1. The number of fused-ring (bicyclic) bond motifs is 1. The zero-order valence-electron chi connectivity index (χ0n) is 24.7. The molecule has 0 unspecified atom stereocenters. The van der Waals surface area contributed by atoms with Crippen LogP contribution in [0.3, 0.4) is 0 Å². The second-order valence-electron chi connectivity index (χ2n) is 11.1.